The van der Waals surface area contributed by atoms with Crippen LogP contribution in [0.25, 0.3) is 11.4 Å². The Balaban J connectivity index is 1.52. The van der Waals surface area contributed by atoms with E-state index in [1.165, 1.54) is 12.4 Å². The molecular formula is C24H18N6O2. The summed E-state index contributed by atoms with van der Waals surface area (Å²) in [5.41, 5.74) is 2.01. The van der Waals surface area contributed by atoms with E-state index in [0.717, 1.165) is 5.56 Å². The van der Waals surface area contributed by atoms with Crippen molar-refractivity contribution in [3.63, 3.8) is 0 Å². The monoisotopic (exact) mass is 422 g/mol. The number of carbonyl (C=O) groups is 2. The maximum absolute atomic E-state index is 13.0. The quantitative estimate of drug-likeness (QED) is 0.458. The number of aromatic nitrogens is 4. The lowest BCUT2D eigenvalue weighted by atomic mass is 10.0. The minimum absolute atomic E-state index is 0.206. The summed E-state index contributed by atoms with van der Waals surface area (Å²) in [7, 11) is 0. The Morgan fingerprint density at radius 2 is 1.72 bits per heavy atom. The molecule has 1 unspecified atom stereocenters. The van der Waals surface area contributed by atoms with Crippen LogP contribution in [0.15, 0.2) is 85.7 Å². The molecule has 0 spiro atoms. The molecule has 0 saturated carbocycles. The number of carbonyl (C=O) groups excluding carboxylic acids is 2. The van der Waals surface area contributed by atoms with E-state index in [2.05, 4.69) is 26.3 Å². The van der Waals surface area contributed by atoms with Gasteiger partial charge in [0, 0.05) is 35.9 Å². The van der Waals surface area contributed by atoms with Gasteiger partial charge in [-0.1, -0.05) is 30.3 Å². The van der Waals surface area contributed by atoms with Crippen molar-refractivity contribution in [2.75, 3.05) is 0 Å². The first-order valence-electron chi connectivity index (χ1n) is 9.82. The Morgan fingerprint density at radius 1 is 1.00 bits per heavy atom. The van der Waals surface area contributed by atoms with Gasteiger partial charge in [0.25, 0.3) is 5.91 Å². The molecule has 2 aromatic carbocycles. The largest absolute Gasteiger partial charge is 0.340 e. The molecule has 1 amide bonds. The van der Waals surface area contributed by atoms with Crippen molar-refractivity contribution in [1.29, 1.82) is 5.26 Å². The van der Waals surface area contributed by atoms with Crippen LogP contribution in [-0.2, 0) is 6.54 Å². The maximum Gasteiger partial charge on any atom is 0.255 e. The number of ketones is 1. The molecule has 4 aromatic rings. The molecule has 0 radical (unpaired) electrons. The van der Waals surface area contributed by atoms with E-state index in [0.29, 0.717) is 17.0 Å². The number of nitrogens with zero attached hydrogens (tertiary/aromatic N) is 5. The fraction of sp³-hybridized carbons (Fsp3) is 0.0833. The van der Waals surface area contributed by atoms with Crippen LogP contribution in [0.2, 0.25) is 0 Å². The number of nitriles is 1. The number of Topliss-reactive ketones (excluding diaryl/α,β-unsaturated/α-hetero) is 1. The molecule has 4 rings (SSSR count). The Morgan fingerprint density at radius 3 is 2.34 bits per heavy atom. The van der Waals surface area contributed by atoms with Crippen LogP contribution in [0, 0.1) is 11.3 Å². The third-order valence-electron chi connectivity index (χ3n) is 4.82. The standard InChI is InChI=1S/C24H18N6O2/c25-12-17-6-8-19(9-7-17)23-27-13-20(14-28-23)24(32)29-21(15-30-11-10-26-16-30)22(31)18-4-2-1-3-5-18/h1-11,13-14,16,21H,15H2,(H,29,32). The highest BCUT2D eigenvalue weighted by atomic mass is 16.2. The zero-order valence-electron chi connectivity index (χ0n) is 16.9. The summed E-state index contributed by atoms with van der Waals surface area (Å²) in [4.78, 5) is 38.4. The summed E-state index contributed by atoms with van der Waals surface area (Å²) < 4.78 is 1.73. The highest BCUT2D eigenvalue weighted by Gasteiger charge is 2.23. The van der Waals surface area contributed by atoms with Gasteiger partial charge in [0.1, 0.15) is 6.04 Å². The van der Waals surface area contributed by atoms with Crippen molar-refractivity contribution in [2.45, 2.75) is 12.6 Å². The average molecular weight is 422 g/mol. The van der Waals surface area contributed by atoms with Gasteiger partial charge >= 0.3 is 0 Å². The number of amides is 1. The Kier molecular flexibility index (Phi) is 6.09. The van der Waals surface area contributed by atoms with Gasteiger partial charge in [-0.05, 0) is 24.3 Å². The average Bonchev–Trinajstić information content (AvgIpc) is 3.37. The van der Waals surface area contributed by atoms with Gasteiger partial charge in [-0.2, -0.15) is 5.26 Å². The number of hydrogen-bond acceptors (Lipinski definition) is 6. The second-order valence-electron chi connectivity index (χ2n) is 7.00. The van der Waals surface area contributed by atoms with Gasteiger partial charge in [0.2, 0.25) is 0 Å². The normalized spacial score (nSPS) is 11.3. The third kappa shape index (κ3) is 4.74. The lowest BCUT2D eigenvalue weighted by molar-refractivity contribution is 0.0847. The first-order valence-corrected chi connectivity index (χ1v) is 9.82. The minimum Gasteiger partial charge on any atom is -0.340 e. The molecule has 0 saturated heterocycles. The first-order chi connectivity index (χ1) is 15.6. The van der Waals surface area contributed by atoms with Crippen LogP contribution in [0.4, 0.5) is 0 Å². The predicted octanol–water partition coefficient (Wildman–Crippen LogP) is 2.89. The van der Waals surface area contributed by atoms with E-state index >= 15 is 0 Å². The van der Waals surface area contributed by atoms with Gasteiger partial charge in [-0.25, -0.2) is 15.0 Å². The van der Waals surface area contributed by atoms with Gasteiger partial charge in [0.15, 0.2) is 11.6 Å². The minimum atomic E-state index is -0.794. The van der Waals surface area contributed by atoms with Crippen molar-refractivity contribution in [2.24, 2.45) is 0 Å². The zero-order chi connectivity index (χ0) is 22.3. The first kappa shape index (κ1) is 20.6. The summed E-state index contributed by atoms with van der Waals surface area (Å²) in [6.07, 6.45) is 7.76. The summed E-state index contributed by atoms with van der Waals surface area (Å²) in [5, 5.41) is 11.7. The molecule has 156 valence electrons. The molecule has 1 atom stereocenters. The molecule has 1 N–H and O–H groups in total. The van der Waals surface area contributed by atoms with Crippen molar-refractivity contribution < 1.29 is 9.59 Å². The number of nitrogens with one attached hydrogen (secondary N) is 1. The van der Waals surface area contributed by atoms with E-state index in [1.807, 2.05) is 6.07 Å². The Hall–Kier alpha value is -4.64. The lowest BCUT2D eigenvalue weighted by Crippen LogP contribution is -2.43. The SMILES string of the molecule is N#Cc1ccc(-c2ncc(C(=O)NC(Cn3ccnc3)C(=O)c3ccccc3)cn2)cc1. The Bertz CT molecular complexity index is 1240. The van der Waals surface area contributed by atoms with E-state index in [4.69, 9.17) is 5.26 Å². The van der Waals surface area contributed by atoms with E-state index in [-0.39, 0.29) is 17.9 Å². The number of rotatable bonds is 7. The zero-order valence-corrected chi connectivity index (χ0v) is 16.9. The molecule has 32 heavy (non-hydrogen) atoms. The molecule has 2 heterocycles. The second kappa shape index (κ2) is 9.45. The molecule has 2 aromatic heterocycles. The van der Waals surface area contributed by atoms with Gasteiger partial charge in [0.05, 0.1) is 30.1 Å². The molecule has 0 aliphatic heterocycles. The molecule has 0 aliphatic carbocycles. The fourth-order valence-corrected chi connectivity index (χ4v) is 3.13. The lowest BCUT2D eigenvalue weighted by Gasteiger charge is -2.18. The summed E-state index contributed by atoms with van der Waals surface area (Å²) in [6, 6.07) is 16.9. The molecule has 8 heteroatoms. The van der Waals surface area contributed by atoms with Crippen molar-refractivity contribution in [1.82, 2.24) is 24.8 Å². The summed E-state index contributed by atoms with van der Waals surface area (Å²) >= 11 is 0. The van der Waals surface area contributed by atoms with Crippen LogP contribution in [0.5, 0.6) is 0 Å². The van der Waals surface area contributed by atoms with Crippen LogP contribution in [0.1, 0.15) is 26.3 Å². The molecular weight excluding hydrogens is 404 g/mol. The molecule has 0 aliphatic rings. The van der Waals surface area contributed by atoms with Crippen molar-refractivity contribution in [3.05, 3.63) is 102 Å². The highest BCUT2D eigenvalue weighted by molar-refractivity contribution is 6.04. The number of imidazole rings is 1. The molecule has 8 nitrogen and oxygen atoms in total. The van der Waals surface area contributed by atoms with Crippen molar-refractivity contribution >= 4 is 11.7 Å². The summed E-state index contributed by atoms with van der Waals surface area (Å²) in [5.74, 6) is -0.227. The highest BCUT2D eigenvalue weighted by Crippen LogP contribution is 2.15. The van der Waals surface area contributed by atoms with Crippen LogP contribution < -0.4 is 5.32 Å². The fourth-order valence-electron chi connectivity index (χ4n) is 3.13. The van der Waals surface area contributed by atoms with Gasteiger partial charge in [-0.15, -0.1) is 0 Å². The van der Waals surface area contributed by atoms with Gasteiger partial charge < -0.3 is 9.88 Å². The maximum atomic E-state index is 13.0. The van der Waals surface area contributed by atoms with E-state index < -0.39 is 11.9 Å². The van der Waals surface area contributed by atoms with Gasteiger partial charge in [-0.3, -0.25) is 9.59 Å². The van der Waals surface area contributed by atoms with E-state index in [9.17, 15) is 9.59 Å². The molecule has 0 bridgehead atoms. The second-order valence-corrected chi connectivity index (χ2v) is 7.00. The molecule has 0 fully saturated rings. The van der Waals surface area contributed by atoms with Crippen LogP contribution in [0.3, 0.4) is 0 Å². The summed E-state index contributed by atoms with van der Waals surface area (Å²) in [6.45, 7) is 0.240. The van der Waals surface area contributed by atoms with Crippen LogP contribution in [-0.4, -0.2) is 37.3 Å². The predicted molar refractivity (Wildman–Crippen MR) is 116 cm³/mol. The topological polar surface area (TPSA) is 114 Å². The van der Waals surface area contributed by atoms with Crippen LogP contribution >= 0.6 is 0 Å². The van der Waals surface area contributed by atoms with Crippen molar-refractivity contribution in [3.8, 4) is 17.5 Å². The smallest absolute Gasteiger partial charge is 0.255 e. The third-order valence-corrected chi connectivity index (χ3v) is 4.82. The van der Waals surface area contributed by atoms with E-state index in [1.54, 1.807) is 71.8 Å². The Labute approximate surface area is 184 Å². The number of hydrogen-bond donors (Lipinski definition) is 1. The number of benzene rings is 2.